The van der Waals surface area contributed by atoms with Crippen LogP contribution in [0.4, 0.5) is 4.79 Å². The van der Waals surface area contributed by atoms with Crippen molar-refractivity contribution in [3.05, 3.63) is 35.9 Å². The quantitative estimate of drug-likeness (QED) is 0.733. The van der Waals surface area contributed by atoms with Crippen LogP contribution in [0.2, 0.25) is 0 Å². The van der Waals surface area contributed by atoms with Gasteiger partial charge in [0.1, 0.15) is 12.6 Å². The molecule has 2 aliphatic heterocycles. The molecule has 0 radical (unpaired) electrons. The van der Waals surface area contributed by atoms with E-state index in [4.69, 9.17) is 4.74 Å². The summed E-state index contributed by atoms with van der Waals surface area (Å²) in [6.07, 6.45) is 2.19. The van der Waals surface area contributed by atoms with E-state index in [1.807, 2.05) is 30.3 Å². The molecule has 2 fully saturated rings. The number of ether oxygens (including phenoxy) is 1. The summed E-state index contributed by atoms with van der Waals surface area (Å²) in [5.74, 6) is 0.579. The first-order chi connectivity index (χ1) is 14.0. The molecular formula is C22H32N2O4S. The molecule has 29 heavy (non-hydrogen) atoms. The van der Waals surface area contributed by atoms with Gasteiger partial charge in [-0.05, 0) is 36.5 Å². The zero-order chi connectivity index (χ0) is 20.8. The molecule has 0 spiro atoms. The Morgan fingerprint density at radius 3 is 2.55 bits per heavy atom. The number of nitrogens with zero attached hydrogens (tertiary/aromatic N) is 2. The molecule has 2 aliphatic rings. The molecule has 7 heteroatoms. The third-order valence-corrected chi connectivity index (χ3v) is 6.80. The summed E-state index contributed by atoms with van der Waals surface area (Å²) in [7, 11) is 0. The average Bonchev–Trinajstić information content (AvgIpc) is 3.40. The van der Waals surface area contributed by atoms with E-state index in [0.29, 0.717) is 30.5 Å². The number of carbonyl (C=O) groups excluding carboxylic acids is 2. The lowest BCUT2D eigenvalue weighted by Crippen LogP contribution is -2.52. The van der Waals surface area contributed by atoms with Crippen molar-refractivity contribution < 1.29 is 19.4 Å². The van der Waals surface area contributed by atoms with Gasteiger partial charge in [0.2, 0.25) is 5.91 Å². The molecule has 3 atom stereocenters. The van der Waals surface area contributed by atoms with Crippen molar-refractivity contribution in [1.82, 2.24) is 9.80 Å². The topological polar surface area (TPSA) is 70.1 Å². The molecule has 0 aromatic heterocycles. The summed E-state index contributed by atoms with van der Waals surface area (Å²) < 4.78 is 5.46. The summed E-state index contributed by atoms with van der Waals surface area (Å²) in [6, 6.07) is 8.90. The Labute approximate surface area is 177 Å². The largest absolute Gasteiger partial charge is 0.445 e. The van der Waals surface area contributed by atoms with Crippen molar-refractivity contribution in [3.8, 4) is 0 Å². The van der Waals surface area contributed by atoms with Crippen LogP contribution in [0.5, 0.6) is 0 Å². The van der Waals surface area contributed by atoms with Gasteiger partial charge in [0.25, 0.3) is 0 Å². The minimum absolute atomic E-state index is 0.0461. The van der Waals surface area contributed by atoms with Crippen LogP contribution >= 0.6 is 11.8 Å². The first-order valence-corrected chi connectivity index (χ1v) is 11.6. The van der Waals surface area contributed by atoms with Crippen LogP contribution in [0.3, 0.4) is 0 Å². The molecule has 6 nitrogen and oxygen atoms in total. The van der Waals surface area contributed by atoms with Crippen LogP contribution in [-0.2, 0) is 16.1 Å². The van der Waals surface area contributed by atoms with Crippen LogP contribution in [0.25, 0.3) is 0 Å². The molecule has 2 amide bonds. The molecule has 1 unspecified atom stereocenters. The number of aliphatic hydroxyl groups is 1. The Hall–Kier alpha value is -1.73. The number of hydrogen-bond donors (Lipinski definition) is 1. The van der Waals surface area contributed by atoms with E-state index < -0.39 is 18.2 Å². The second-order valence-electron chi connectivity index (χ2n) is 8.08. The van der Waals surface area contributed by atoms with Crippen molar-refractivity contribution in [1.29, 1.82) is 0 Å². The standard InChI is InChI=1S/C22H32N2O4S/c1-16(2)29-15-20(25)18-10-6-12-23(18)21(26)19-11-7-13-24(19)22(27)28-14-17-8-4-3-5-9-17/h3-5,8-9,16,18-20,25H,6-7,10-15H2,1-2H3/t18-,19+,20?/m0/s1. The first-order valence-electron chi connectivity index (χ1n) is 10.5. The maximum Gasteiger partial charge on any atom is 0.410 e. The Morgan fingerprint density at radius 1 is 1.14 bits per heavy atom. The summed E-state index contributed by atoms with van der Waals surface area (Å²) >= 11 is 1.71. The lowest BCUT2D eigenvalue weighted by Gasteiger charge is -2.33. The third kappa shape index (κ3) is 5.66. The third-order valence-electron chi connectivity index (χ3n) is 5.60. The number of amides is 2. The molecule has 0 saturated carbocycles. The van der Waals surface area contributed by atoms with Gasteiger partial charge in [-0.3, -0.25) is 9.69 Å². The Bertz CT molecular complexity index is 685. The second kappa shape index (κ2) is 10.3. The minimum Gasteiger partial charge on any atom is -0.445 e. The molecule has 2 saturated heterocycles. The van der Waals surface area contributed by atoms with Gasteiger partial charge in [-0.25, -0.2) is 4.79 Å². The van der Waals surface area contributed by atoms with E-state index in [0.717, 1.165) is 24.8 Å². The Balaban J connectivity index is 1.59. The number of carbonyl (C=O) groups is 2. The van der Waals surface area contributed by atoms with Gasteiger partial charge in [-0.2, -0.15) is 11.8 Å². The molecule has 0 aliphatic carbocycles. The zero-order valence-electron chi connectivity index (χ0n) is 17.3. The maximum absolute atomic E-state index is 13.2. The normalized spacial score (nSPS) is 22.9. The van der Waals surface area contributed by atoms with E-state index in [-0.39, 0.29) is 18.6 Å². The summed E-state index contributed by atoms with van der Waals surface area (Å²) in [5.41, 5.74) is 0.924. The molecule has 1 N–H and O–H groups in total. The number of thioether (sulfide) groups is 1. The summed E-state index contributed by atoms with van der Waals surface area (Å²) in [4.78, 5) is 29.2. The average molecular weight is 421 g/mol. The molecule has 1 aromatic carbocycles. The number of benzene rings is 1. The molecular weight excluding hydrogens is 388 g/mol. The smallest absolute Gasteiger partial charge is 0.410 e. The molecule has 3 rings (SSSR count). The van der Waals surface area contributed by atoms with E-state index in [1.54, 1.807) is 21.6 Å². The van der Waals surface area contributed by atoms with Crippen molar-refractivity contribution in [2.45, 2.75) is 69.6 Å². The Kier molecular flexibility index (Phi) is 7.84. The predicted octanol–water partition coefficient (Wildman–Crippen LogP) is 3.28. The van der Waals surface area contributed by atoms with Gasteiger partial charge in [0.05, 0.1) is 12.1 Å². The van der Waals surface area contributed by atoms with Crippen LogP contribution in [0.15, 0.2) is 30.3 Å². The van der Waals surface area contributed by atoms with Gasteiger partial charge in [-0.1, -0.05) is 44.2 Å². The Morgan fingerprint density at radius 2 is 1.83 bits per heavy atom. The maximum atomic E-state index is 13.2. The summed E-state index contributed by atoms with van der Waals surface area (Å²) in [5, 5.41) is 11.1. The lowest BCUT2D eigenvalue weighted by molar-refractivity contribution is -0.138. The number of hydrogen-bond acceptors (Lipinski definition) is 5. The van der Waals surface area contributed by atoms with Gasteiger partial charge in [0.15, 0.2) is 0 Å². The van der Waals surface area contributed by atoms with Crippen LogP contribution in [-0.4, -0.2) is 69.2 Å². The first kappa shape index (κ1) is 22.0. The monoisotopic (exact) mass is 420 g/mol. The zero-order valence-corrected chi connectivity index (χ0v) is 18.1. The lowest BCUT2D eigenvalue weighted by atomic mass is 10.1. The number of likely N-dealkylation sites (tertiary alicyclic amines) is 2. The van der Waals surface area contributed by atoms with Crippen LogP contribution in [0.1, 0.15) is 45.1 Å². The minimum atomic E-state index is -0.534. The number of aliphatic hydroxyl groups excluding tert-OH is 1. The fraction of sp³-hybridized carbons (Fsp3) is 0.636. The van der Waals surface area contributed by atoms with Crippen molar-refractivity contribution in [3.63, 3.8) is 0 Å². The summed E-state index contributed by atoms with van der Waals surface area (Å²) in [6.45, 7) is 5.60. The van der Waals surface area contributed by atoms with Gasteiger partial charge < -0.3 is 14.7 Å². The highest BCUT2D eigenvalue weighted by Crippen LogP contribution is 2.28. The van der Waals surface area contributed by atoms with Gasteiger partial charge in [0, 0.05) is 18.8 Å². The van der Waals surface area contributed by atoms with E-state index in [9.17, 15) is 14.7 Å². The molecule has 1 aromatic rings. The molecule has 2 heterocycles. The fourth-order valence-electron chi connectivity index (χ4n) is 4.10. The van der Waals surface area contributed by atoms with Gasteiger partial charge >= 0.3 is 6.09 Å². The van der Waals surface area contributed by atoms with E-state index in [1.165, 1.54) is 0 Å². The second-order valence-corrected chi connectivity index (χ2v) is 9.69. The van der Waals surface area contributed by atoms with Crippen molar-refractivity contribution in [2.24, 2.45) is 0 Å². The van der Waals surface area contributed by atoms with Crippen LogP contribution in [0, 0.1) is 0 Å². The van der Waals surface area contributed by atoms with Crippen LogP contribution < -0.4 is 0 Å². The highest BCUT2D eigenvalue weighted by Gasteiger charge is 2.42. The fourth-order valence-corrected chi connectivity index (χ4v) is 4.91. The SMILES string of the molecule is CC(C)SCC(O)[C@@H]1CCCN1C(=O)[C@H]1CCCN1C(=O)OCc1ccccc1. The van der Waals surface area contributed by atoms with E-state index in [2.05, 4.69) is 13.8 Å². The molecule has 0 bridgehead atoms. The van der Waals surface area contributed by atoms with Gasteiger partial charge in [-0.15, -0.1) is 0 Å². The predicted molar refractivity (Wildman–Crippen MR) is 115 cm³/mol. The van der Waals surface area contributed by atoms with Crippen molar-refractivity contribution >= 4 is 23.8 Å². The highest BCUT2D eigenvalue weighted by molar-refractivity contribution is 7.99. The highest BCUT2D eigenvalue weighted by atomic mass is 32.2. The molecule has 160 valence electrons. The number of rotatable bonds is 7. The van der Waals surface area contributed by atoms with Crippen molar-refractivity contribution in [2.75, 3.05) is 18.8 Å². The van der Waals surface area contributed by atoms with E-state index >= 15 is 0 Å².